The van der Waals surface area contributed by atoms with Crippen molar-refractivity contribution in [2.75, 3.05) is 19.7 Å². The van der Waals surface area contributed by atoms with Gasteiger partial charge >= 0.3 is 5.97 Å². The smallest absolute Gasteiger partial charge is 0.309 e. The molecule has 1 aliphatic heterocycles. The summed E-state index contributed by atoms with van der Waals surface area (Å²) in [7, 11) is 0. The predicted molar refractivity (Wildman–Crippen MR) is 124 cm³/mol. The van der Waals surface area contributed by atoms with Crippen LogP contribution in [0.5, 0.6) is 0 Å². The number of likely N-dealkylation sites (tertiary alicyclic amines) is 1. The number of rotatable bonds is 5. The van der Waals surface area contributed by atoms with Gasteiger partial charge in [0.2, 0.25) is 0 Å². The van der Waals surface area contributed by atoms with Crippen LogP contribution in [0, 0.1) is 5.92 Å². The van der Waals surface area contributed by atoms with Crippen molar-refractivity contribution < 1.29 is 14.3 Å². The van der Waals surface area contributed by atoms with Gasteiger partial charge in [-0.1, -0.05) is 47.5 Å². The number of benzene rings is 2. The summed E-state index contributed by atoms with van der Waals surface area (Å²) in [5, 5.41) is 5.79. The van der Waals surface area contributed by atoms with Crippen molar-refractivity contribution in [1.29, 1.82) is 0 Å². The van der Waals surface area contributed by atoms with Gasteiger partial charge in [-0.2, -0.15) is 5.10 Å². The molecule has 0 atom stereocenters. The summed E-state index contributed by atoms with van der Waals surface area (Å²) in [5.74, 6) is -0.516. The van der Waals surface area contributed by atoms with Crippen LogP contribution in [0.4, 0.5) is 0 Å². The molecule has 0 N–H and O–H groups in total. The third-order valence-corrected chi connectivity index (χ3v) is 6.10. The van der Waals surface area contributed by atoms with E-state index in [-0.39, 0.29) is 17.8 Å². The van der Waals surface area contributed by atoms with E-state index in [1.165, 1.54) is 0 Å². The van der Waals surface area contributed by atoms with E-state index >= 15 is 0 Å². The molecule has 4 rings (SSSR count). The van der Waals surface area contributed by atoms with Crippen LogP contribution in [0.2, 0.25) is 10.0 Å². The van der Waals surface area contributed by atoms with Crippen LogP contribution in [0.3, 0.4) is 0 Å². The highest BCUT2D eigenvalue weighted by molar-refractivity contribution is 6.33. The molecule has 0 saturated carbocycles. The van der Waals surface area contributed by atoms with Crippen LogP contribution >= 0.6 is 23.2 Å². The maximum Gasteiger partial charge on any atom is 0.309 e. The van der Waals surface area contributed by atoms with E-state index in [4.69, 9.17) is 27.9 Å². The Bertz CT molecular complexity index is 1140. The topological polar surface area (TPSA) is 64.4 Å². The van der Waals surface area contributed by atoms with Crippen molar-refractivity contribution in [1.82, 2.24) is 14.7 Å². The van der Waals surface area contributed by atoms with E-state index in [0.717, 1.165) is 5.56 Å². The van der Waals surface area contributed by atoms with E-state index in [0.29, 0.717) is 59.7 Å². The number of carbonyl (C=O) groups is 2. The zero-order chi connectivity index (χ0) is 22.7. The fourth-order valence-electron chi connectivity index (χ4n) is 3.88. The molecule has 1 amide bonds. The molecule has 2 aromatic carbocycles. The lowest BCUT2D eigenvalue weighted by molar-refractivity contribution is -0.149. The van der Waals surface area contributed by atoms with Gasteiger partial charge < -0.3 is 9.64 Å². The normalized spacial score (nSPS) is 14.4. The minimum absolute atomic E-state index is 0.155. The van der Waals surface area contributed by atoms with E-state index in [1.54, 1.807) is 40.8 Å². The number of ether oxygens (including phenoxy) is 1. The van der Waals surface area contributed by atoms with Crippen molar-refractivity contribution >= 4 is 35.1 Å². The predicted octanol–water partition coefficient (Wildman–Crippen LogP) is 5.26. The van der Waals surface area contributed by atoms with Crippen LogP contribution < -0.4 is 0 Å². The van der Waals surface area contributed by atoms with Crippen molar-refractivity contribution in [2.24, 2.45) is 5.92 Å². The summed E-state index contributed by atoms with van der Waals surface area (Å²) < 4.78 is 6.73. The standard InChI is InChI=1S/C24H23Cl2N3O3/c1-2-32-24(31)16-10-12-28(13-11-16)23(30)22-15-21(19-8-3-4-9-20(19)26)27-29(22)18-7-5-6-17(25)14-18/h3-9,14-16H,2,10-13H2,1H3. The first-order valence-corrected chi connectivity index (χ1v) is 11.3. The largest absolute Gasteiger partial charge is 0.466 e. The maximum absolute atomic E-state index is 13.5. The fourth-order valence-corrected chi connectivity index (χ4v) is 4.30. The Morgan fingerprint density at radius 3 is 2.50 bits per heavy atom. The molecule has 0 spiro atoms. The zero-order valence-electron chi connectivity index (χ0n) is 17.6. The van der Waals surface area contributed by atoms with Crippen molar-refractivity contribution in [3.63, 3.8) is 0 Å². The summed E-state index contributed by atoms with van der Waals surface area (Å²) in [5.41, 5.74) is 2.43. The number of hydrogen-bond donors (Lipinski definition) is 0. The summed E-state index contributed by atoms with van der Waals surface area (Å²) in [6, 6.07) is 16.3. The molecule has 0 radical (unpaired) electrons. The lowest BCUT2D eigenvalue weighted by atomic mass is 9.97. The highest BCUT2D eigenvalue weighted by Crippen LogP contribution is 2.30. The van der Waals surface area contributed by atoms with Crippen LogP contribution in [-0.2, 0) is 9.53 Å². The third-order valence-electron chi connectivity index (χ3n) is 5.53. The number of carbonyl (C=O) groups excluding carboxylic acids is 2. The molecule has 1 aromatic heterocycles. The number of nitrogens with zero attached hydrogens (tertiary/aromatic N) is 3. The van der Waals surface area contributed by atoms with Gasteiger partial charge in [0, 0.05) is 23.7 Å². The van der Waals surface area contributed by atoms with Crippen molar-refractivity contribution in [3.8, 4) is 16.9 Å². The number of esters is 1. The quantitative estimate of drug-likeness (QED) is 0.475. The third kappa shape index (κ3) is 4.66. The van der Waals surface area contributed by atoms with Gasteiger partial charge in [0.15, 0.2) is 0 Å². The molecule has 32 heavy (non-hydrogen) atoms. The van der Waals surface area contributed by atoms with Gasteiger partial charge in [-0.15, -0.1) is 0 Å². The summed E-state index contributed by atoms with van der Waals surface area (Å²) in [6.45, 7) is 3.11. The lowest BCUT2D eigenvalue weighted by Crippen LogP contribution is -2.41. The Kier molecular flexibility index (Phi) is 6.82. The number of hydrogen-bond acceptors (Lipinski definition) is 4. The van der Waals surface area contributed by atoms with Crippen LogP contribution in [0.1, 0.15) is 30.3 Å². The van der Waals surface area contributed by atoms with Gasteiger partial charge in [-0.25, -0.2) is 4.68 Å². The van der Waals surface area contributed by atoms with E-state index < -0.39 is 0 Å². The second kappa shape index (κ2) is 9.76. The van der Waals surface area contributed by atoms with Crippen molar-refractivity contribution in [2.45, 2.75) is 19.8 Å². The number of halogens is 2. The molecule has 0 bridgehead atoms. The summed E-state index contributed by atoms with van der Waals surface area (Å²) in [4.78, 5) is 27.3. The highest BCUT2D eigenvalue weighted by Gasteiger charge is 2.30. The molecule has 6 nitrogen and oxygen atoms in total. The monoisotopic (exact) mass is 471 g/mol. The van der Waals surface area contributed by atoms with Gasteiger partial charge in [-0.05, 0) is 50.1 Å². The van der Waals surface area contributed by atoms with Gasteiger partial charge in [0.25, 0.3) is 5.91 Å². The van der Waals surface area contributed by atoms with Gasteiger partial charge in [0.1, 0.15) is 5.69 Å². The Morgan fingerprint density at radius 2 is 1.81 bits per heavy atom. The summed E-state index contributed by atoms with van der Waals surface area (Å²) >= 11 is 12.6. The minimum Gasteiger partial charge on any atom is -0.466 e. The average Bonchev–Trinajstić information content (AvgIpc) is 3.24. The number of piperidine rings is 1. The minimum atomic E-state index is -0.190. The Hall–Kier alpha value is -2.83. The Balaban J connectivity index is 1.66. The van der Waals surface area contributed by atoms with Gasteiger partial charge in [0.05, 0.1) is 28.9 Å². The second-order valence-corrected chi connectivity index (χ2v) is 8.45. The molecule has 2 heterocycles. The van der Waals surface area contributed by atoms with Crippen LogP contribution in [0.15, 0.2) is 54.6 Å². The average molecular weight is 472 g/mol. The number of aromatic nitrogens is 2. The molecule has 3 aromatic rings. The Morgan fingerprint density at radius 1 is 1.06 bits per heavy atom. The fraction of sp³-hybridized carbons (Fsp3) is 0.292. The zero-order valence-corrected chi connectivity index (χ0v) is 19.1. The molecular formula is C24H23Cl2N3O3. The second-order valence-electron chi connectivity index (χ2n) is 7.60. The molecular weight excluding hydrogens is 449 g/mol. The van der Waals surface area contributed by atoms with E-state index in [9.17, 15) is 9.59 Å². The van der Waals surface area contributed by atoms with Crippen molar-refractivity contribution in [3.05, 3.63) is 70.3 Å². The van der Waals surface area contributed by atoms with E-state index in [1.807, 2.05) is 30.3 Å². The lowest BCUT2D eigenvalue weighted by Gasteiger charge is -2.30. The maximum atomic E-state index is 13.5. The molecule has 0 unspecified atom stereocenters. The molecule has 1 fully saturated rings. The Labute approximate surface area is 196 Å². The first kappa shape index (κ1) is 22.4. The first-order chi connectivity index (χ1) is 15.5. The van der Waals surface area contributed by atoms with Crippen LogP contribution in [-0.4, -0.2) is 46.3 Å². The molecule has 1 aliphatic rings. The molecule has 1 saturated heterocycles. The summed E-state index contributed by atoms with van der Waals surface area (Å²) in [6.07, 6.45) is 1.15. The molecule has 8 heteroatoms. The number of amides is 1. The molecule has 166 valence electrons. The highest BCUT2D eigenvalue weighted by atomic mass is 35.5. The van der Waals surface area contributed by atoms with Crippen LogP contribution in [0.25, 0.3) is 16.9 Å². The van der Waals surface area contributed by atoms with E-state index in [2.05, 4.69) is 5.10 Å². The molecule has 0 aliphatic carbocycles. The SMILES string of the molecule is CCOC(=O)C1CCN(C(=O)c2cc(-c3ccccc3Cl)nn2-c2cccc(Cl)c2)CC1. The first-order valence-electron chi connectivity index (χ1n) is 10.5. The van der Waals surface area contributed by atoms with Gasteiger partial charge in [-0.3, -0.25) is 9.59 Å².